The molecule has 1 fully saturated rings. The topological polar surface area (TPSA) is 99.1 Å². The molecule has 1 aromatic carbocycles. The van der Waals surface area contributed by atoms with Crippen LogP contribution >= 0.6 is 0 Å². The quantitative estimate of drug-likeness (QED) is 0.742. The number of ether oxygens (including phenoxy) is 1. The Bertz CT molecular complexity index is 589. The third-order valence-corrected chi connectivity index (χ3v) is 3.84. The van der Waals surface area contributed by atoms with Gasteiger partial charge in [0, 0.05) is 19.5 Å². The Morgan fingerprint density at radius 2 is 1.76 bits per heavy atom. The fourth-order valence-corrected chi connectivity index (χ4v) is 2.67. The highest BCUT2D eigenvalue weighted by molar-refractivity contribution is 5.86. The van der Waals surface area contributed by atoms with Crippen molar-refractivity contribution in [3.8, 4) is 0 Å². The number of carbonyl (C=O) groups is 2. The van der Waals surface area contributed by atoms with E-state index in [0.29, 0.717) is 6.42 Å². The van der Waals surface area contributed by atoms with Crippen LogP contribution in [0.3, 0.4) is 0 Å². The zero-order valence-corrected chi connectivity index (χ0v) is 14.8. The maximum atomic E-state index is 12.8. The number of benzene rings is 1. The maximum absolute atomic E-state index is 12.8. The molecule has 1 aromatic rings. The van der Waals surface area contributed by atoms with Crippen LogP contribution in [0.4, 0.5) is 4.79 Å². The maximum Gasteiger partial charge on any atom is 0.408 e. The molecule has 3 atom stereocenters. The third kappa shape index (κ3) is 5.72. The van der Waals surface area contributed by atoms with Crippen LogP contribution < -0.4 is 5.32 Å². The van der Waals surface area contributed by atoms with Gasteiger partial charge in [0.1, 0.15) is 11.6 Å². The summed E-state index contributed by atoms with van der Waals surface area (Å²) in [7, 11) is 0. The van der Waals surface area contributed by atoms with Gasteiger partial charge >= 0.3 is 6.09 Å². The predicted molar refractivity (Wildman–Crippen MR) is 91.9 cm³/mol. The summed E-state index contributed by atoms with van der Waals surface area (Å²) in [5.41, 5.74) is 0.210. The highest BCUT2D eigenvalue weighted by atomic mass is 16.6. The molecular formula is C18H26N2O5. The Hall–Kier alpha value is -2.12. The van der Waals surface area contributed by atoms with Gasteiger partial charge in [-0.05, 0) is 26.3 Å². The van der Waals surface area contributed by atoms with Crippen LogP contribution in [0.1, 0.15) is 26.3 Å². The van der Waals surface area contributed by atoms with E-state index < -0.39 is 29.9 Å². The number of alkyl carbamates (subject to hydrolysis) is 1. The van der Waals surface area contributed by atoms with E-state index in [9.17, 15) is 19.8 Å². The fraction of sp³-hybridized carbons (Fsp3) is 0.556. The second-order valence-corrected chi connectivity index (χ2v) is 7.27. The predicted octanol–water partition coefficient (Wildman–Crippen LogP) is 0.686. The molecule has 1 saturated heterocycles. The molecule has 1 aliphatic heterocycles. The third-order valence-electron chi connectivity index (χ3n) is 3.84. The van der Waals surface area contributed by atoms with Gasteiger partial charge in [-0.25, -0.2) is 4.79 Å². The lowest BCUT2D eigenvalue weighted by atomic mass is 10.0. The zero-order valence-electron chi connectivity index (χ0n) is 14.8. The smallest absolute Gasteiger partial charge is 0.408 e. The van der Waals surface area contributed by atoms with Gasteiger partial charge in [0.05, 0.1) is 12.2 Å². The number of aliphatic hydroxyl groups excluding tert-OH is 2. The summed E-state index contributed by atoms with van der Waals surface area (Å²) in [4.78, 5) is 26.2. The molecule has 3 unspecified atom stereocenters. The average molecular weight is 350 g/mol. The van der Waals surface area contributed by atoms with Gasteiger partial charge in [-0.3, -0.25) is 4.79 Å². The van der Waals surface area contributed by atoms with Crippen LogP contribution in [0.2, 0.25) is 0 Å². The van der Waals surface area contributed by atoms with Crippen molar-refractivity contribution in [2.45, 2.75) is 51.0 Å². The first-order chi connectivity index (χ1) is 11.7. The average Bonchev–Trinajstić information content (AvgIpc) is 2.84. The van der Waals surface area contributed by atoms with E-state index >= 15 is 0 Å². The minimum atomic E-state index is -0.970. The monoisotopic (exact) mass is 350 g/mol. The lowest BCUT2D eigenvalue weighted by Crippen LogP contribution is -2.50. The molecule has 0 spiro atoms. The summed E-state index contributed by atoms with van der Waals surface area (Å²) in [6.45, 7) is 5.32. The Morgan fingerprint density at radius 1 is 1.20 bits per heavy atom. The van der Waals surface area contributed by atoms with E-state index in [2.05, 4.69) is 5.32 Å². The summed E-state index contributed by atoms with van der Waals surface area (Å²) < 4.78 is 5.24. The van der Waals surface area contributed by atoms with Crippen molar-refractivity contribution in [3.63, 3.8) is 0 Å². The number of hydrogen-bond donors (Lipinski definition) is 3. The number of rotatable bonds is 4. The summed E-state index contributed by atoms with van der Waals surface area (Å²) in [5.74, 6) is -0.356. The van der Waals surface area contributed by atoms with Gasteiger partial charge < -0.3 is 25.2 Å². The van der Waals surface area contributed by atoms with Crippen LogP contribution in [0.25, 0.3) is 0 Å². The molecule has 0 saturated carbocycles. The normalized spacial score (nSPS) is 21.7. The van der Waals surface area contributed by atoms with E-state index in [0.717, 1.165) is 5.56 Å². The molecule has 1 aliphatic rings. The molecule has 25 heavy (non-hydrogen) atoms. The molecule has 7 heteroatoms. The molecule has 2 rings (SSSR count). The van der Waals surface area contributed by atoms with E-state index in [-0.39, 0.29) is 19.0 Å². The minimum Gasteiger partial charge on any atom is -0.444 e. The molecule has 7 nitrogen and oxygen atoms in total. The number of carbonyl (C=O) groups excluding carboxylic acids is 2. The molecule has 3 N–H and O–H groups in total. The Balaban J connectivity index is 2.11. The molecule has 138 valence electrons. The lowest BCUT2D eigenvalue weighted by molar-refractivity contribution is -0.133. The van der Waals surface area contributed by atoms with Crippen molar-refractivity contribution >= 4 is 12.0 Å². The van der Waals surface area contributed by atoms with Gasteiger partial charge in [-0.15, -0.1) is 0 Å². The molecule has 0 radical (unpaired) electrons. The number of hydrogen-bond acceptors (Lipinski definition) is 5. The van der Waals surface area contributed by atoms with Crippen LogP contribution in [-0.2, 0) is 16.0 Å². The van der Waals surface area contributed by atoms with Crippen LogP contribution in [0, 0.1) is 0 Å². The van der Waals surface area contributed by atoms with Gasteiger partial charge in [0.15, 0.2) is 0 Å². The van der Waals surface area contributed by atoms with Gasteiger partial charge in [0.25, 0.3) is 0 Å². The van der Waals surface area contributed by atoms with Crippen molar-refractivity contribution < 1.29 is 24.5 Å². The van der Waals surface area contributed by atoms with Crippen LogP contribution in [0.5, 0.6) is 0 Å². The van der Waals surface area contributed by atoms with E-state index in [4.69, 9.17) is 4.74 Å². The molecule has 0 aromatic heterocycles. The Kier molecular flexibility index (Phi) is 6.02. The van der Waals surface area contributed by atoms with Crippen molar-refractivity contribution in [2.24, 2.45) is 0 Å². The summed E-state index contributed by atoms with van der Waals surface area (Å²) in [6.07, 6.45) is -2.32. The number of β-amino-alcohol motifs (C(OH)–C–C–N with tert-alkyl or cyclic N) is 2. The second kappa shape index (κ2) is 7.84. The number of likely N-dealkylation sites (tertiary alicyclic amines) is 1. The standard InChI is InChI=1S/C18H26N2O5/c1-18(2,3)25-17(24)19-13(9-12-7-5-4-6-8-12)16(23)20-10-14(21)15(22)11-20/h4-8,13-15,21-22H,9-11H2,1-3H3,(H,19,24). The largest absolute Gasteiger partial charge is 0.444 e. The van der Waals surface area contributed by atoms with Gasteiger partial charge in [-0.1, -0.05) is 30.3 Å². The van der Waals surface area contributed by atoms with Crippen molar-refractivity contribution in [1.82, 2.24) is 10.2 Å². The van der Waals surface area contributed by atoms with Gasteiger partial charge in [0.2, 0.25) is 5.91 Å². The molecular weight excluding hydrogens is 324 g/mol. The van der Waals surface area contributed by atoms with Crippen molar-refractivity contribution in [2.75, 3.05) is 13.1 Å². The van der Waals surface area contributed by atoms with Crippen LogP contribution in [-0.4, -0.2) is 64.1 Å². The first-order valence-corrected chi connectivity index (χ1v) is 8.34. The number of aliphatic hydroxyl groups is 2. The summed E-state index contributed by atoms with van der Waals surface area (Å²) >= 11 is 0. The first kappa shape index (κ1) is 19.2. The van der Waals surface area contributed by atoms with E-state index in [1.165, 1.54) is 4.90 Å². The SMILES string of the molecule is CC(C)(C)OC(=O)NC(Cc1ccccc1)C(=O)N1CC(O)C(O)C1. The molecule has 0 aliphatic carbocycles. The number of nitrogens with one attached hydrogen (secondary N) is 1. The van der Waals surface area contributed by atoms with Crippen LogP contribution in [0.15, 0.2) is 30.3 Å². The Morgan fingerprint density at radius 3 is 2.28 bits per heavy atom. The van der Waals surface area contributed by atoms with Gasteiger partial charge in [-0.2, -0.15) is 0 Å². The lowest BCUT2D eigenvalue weighted by Gasteiger charge is -2.26. The minimum absolute atomic E-state index is 0.0429. The van der Waals surface area contributed by atoms with Crippen molar-refractivity contribution in [3.05, 3.63) is 35.9 Å². The Labute approximate surface area is 147 Å². The fourth-order valence-electron chi connectivity index (χ4n) is 2.67. The van der Waals surface area contributed by atoms with E-state index in [1.54, 1.807) is 20.8 Å². The summed E-state index contributed by atoms with van der Waals surface area (Å²) in [5, 5.41) is 21.9. The molecule has 0 bridgehead atoms. The van der Waals surface area contributed by atoms with E-state index in [1.807, 2.05) is 30.3 Å². The number of nitrogens with zero attached hydrogens (tertiary/aromatic N) is 1. The highest BCUT2D eigenvalue weighted by Gasteiger charge is 2.36. The second-order valence-electron chi connectivity index (χ2n) is 7.27. The molecule has 1 heterocycles. The molecule has 2 amide bonds. The first-order valence-electron chi connectivity index (χ1n) is 8.34. The number of amides is 2. The zero-order chi connectivity index (χ0) is 18.6. The van der Waals surface area contributed by atoms with Crippen molar-refractivity contribution in [1.29, 1.82) is 0 Å². The highest BCUT2D eigenvalue weighted by Crippen LogP contribution is 2.14. The summed E-state index contributed by atoms with van der Waals surface area (Å²) in [6, 6.07) is 8.47.